The van der Waals surface area contributed by atoms with Crippen LogP contribution in [-0.4, -0.2) is 15.0 Å². The van der Waals surface area contributed by atoms with Crippen LogP contribution in [-0.2, 0) is 5.41 Å². The minimum absolute atomic E-state index is 0.567. The SMILES string of the molecule is c1ccc(-c2ccccc2-c2nc(-c3ccc4c(c3)-c3ccccc3-c3ccccc3C43c4ccccc4-c4ccccc43)nc(-c3ccc4c(c3)oc3ccccc34)n2)cc1. The van der Waals surface area contributed by atoms with Gasteiger partial charge in [0, 0.05) is 27.5 Å². The lowest BCUT2D eigenvalue weighted by Gasteiger charge is -2.35. The van der Waals surface area contributed by atoms with Crippen molar-refractivity contribution in [1.29, 1.82) is 0 Å². The van der Waals surface area contributed by atoms with Crippen molar-refractivity contribution in [3.63, 3.8) is 0 Å². The topological polar surface area (TPSA) is 51.8 Å². The molecule has 0 bridgehead atoms. The Bertz CT molecular complexity index is 3560. The maximum Gasteiger partial charge on any atom is 0.164 e. The number of hydrogen-bond donors (Lipinski definition) is 0. The summed E-state index contributed by atoms with van der Waals surface area (Å²) in [6.45, 7) is 0. The van der Waals surface area contributed by atoms with Crippen LogP contribution < -0.4 is 0 Å². The molecule has 9 aromatic carbocycles. The van der Waals surface area contributed by atoms with Crippen molar-refractivity contribution in [1.82, 2.24) is 15.0 Å². The van der Waals surface area contributed by atoms with Crippen molar-refractivity contribution in [3.8, 4) is 78.7 Å². The van der Waals surface area contributed by atoms with Crippen molar-refractivity contribution in [2.24, 2.45) is 0 Å². The molecule has 2 aliphatic carbocycles. The minimum Gasteiger partial charge on any atom is -0.456 e. The Kier molecular flexibility index (Phi) is 7.49. The molecule has 62 heavy (non-hydrogen) atoms. The van der Waals surface area contributed by atoms with Crippen molar-refractivity contribution in [2.75, 3.05) is 0 Å². The summed E-state index contributed by atoms with van der Waals surface area (Å²) in [6.07, 6.45) is 0. The van der Waals surface area contributed by atoms with Gasteiger partial charge in [0.15, 0.2) is 17.5 Å². The Morgan fingerprint density at radius 3 is 1.40 bits per heavy atom. The lowest BCUT2D eigenvalue weighted by molar-refractivity contribution is 0.669. The van der Waals surface area contributed by atoms with E-state index in [2.05, 4.69) is 188 Å². The van der Waals surface area contributed by atoms with Crippen LogP contribution in [0.3, 0.4) is 0 Å². The molecule has 0 amide bonds. The number of aromatic nitrogens is 3. The quantitative estimate of drug-likeness (QED) is 0.178. The van der Waals surface area contributed by atoms with Crippen molar-refractivity contribution in [2.45, 2.75) is 5.41 Å². The number of fused-ring (bicyclic) bond motifs is 15. The molecule has 1 spiro atoms. The van der Waals surface area contributed by atoms with Crippen LogP contribution in [0.4, 0.5) is 0 Å². The molecule has 0 saturated carbocycles. The van der Waals surface area contributed by atoms with Crippen molar-refractivity contribution in [3.05, 3.63) is 235 Å². The van der Waals surface area contributed by atoms with E-state index in [0.29, 0.717) is 17.5 Å². The molecule has 0 aliphatic heterocycles. The summed E-state index contributed by atoms with van der Waals surface area (Å²) < 4.78 is 6.38. The number of hydrogen-bond acceptors (Lipinski definition) is 4. The molecule has 2 aromatic heterocycles. The summed E-state index contributed by atoms with van der Waals surface area (Å²) in [5, 5.41) is 2.14. The van der Waals surface area contributed by atoms with Crippen molar-refractivity contribution >= 4 is 21.9 Å². The lowest BCUT2D eigenvalue weighted by atomic mass is 9.66. The van der Waals surface area contributed by atoms with E-state index in [1.165, 1.54) is 50.1 Å². The fraction of sp³-hybridized carbons (Fsp3) is 0.0172. The molecule has 0 fully saturated rings. The van der Waals surface area contributed by atoms with Crippen LogP contribution in [0, 0.1) is 0 Å². The maximum absolute atomic E-state index is 6.38. The van der Waals surface area contributed by atoms with Gasteiger partial charge in [-0.1, -0.05) is 188 Å². The zero-order valence-electron chi connectivity index (χ0n) is 33.5. The molecule has 0 radical (unpaired) electrons. The number of nitrogens with zero attached hydrogens (tertiary/aromatic N) is 3. The van der Waals surface area contributed by atoms with E-state index in [1.54, 1.807) is 0 Å². The van der Waals surface area contributed by atoms with Gasteiger partial charge in [0.1, 0.15) is 11.2 Å². The molecule has 0 saturated heterocycles. The Labute approximate surface area is 358 Å². The van der Waals surface area contributed by atoms with Crippen LogP contribution >= 0.6 is 0 Å². The number of furan rings is 1. The van der Waals surface area contributed by atoms with E-state index in [-0.39, 0.29) is 0 Å². The smallest absolute Gasteiger partial charge is 0.164 e. The van der Waals surface area contributed by atoms with E-state index in [0.717, 1.165) is 55.3 Å². The van der Waals surface area contributed by atoms with Gasteiger partial charge in [0.2, 0.25) is 0 Å². The summed E-state index contributed by atoms with van der Waals surface area (Å²) in [6, 6.07) is 75.9. The summed E-state index contributed by atoms with van der Waals surface area (Å²) in [5.41, 5.74) is 18.3. The predicted molar refractivity (Wildman–Crippen MR) is 251 cm³/mol. The normalized spacial score (nSPS) is 13.0. The summed E-state index contributed by atoms with van der Waals surface area (Å²) >= 11 is 0. The minimum atomic E-state index is -0.567. The molecule has 288 valence electrons. The summed E-state index contributed by atoms with van der Waals surface area (Å²) in [7, 11) is 0. The summed E-state index contributed by atoms with van der Waals surface area (Å²) in [4.78, 5) is 15.9. The van der Waals surface area contributed by atoms with Crippen LogP contribution in [0.15, 0.2) is 217 Å². The molecule has 11 aromatic rings. The largest absolute Gasteiger partial charge is 0.456 e. The van der Waals surface area contributed by atoms with Gasteiger partial charge in [0.25, 0.3) is 0 Å². The zero-order chi connectivity index (χ0) is 40.8. The third kappa shape index (κ3) is 4.98. The van der Waals surface area contributed by atoms with Crippen LogP contribution in [0.25, 0.3) is 101 Å². The third-order valence-corrected chi connectivity index (χ3v) is 13.0. The molecular weight excluding hydrogens is 755 g/mol. The van der Waals surface area contributed by atoms with E-state index in [4.69, 9.17) is 19.4 Å². The number of benzene rings is 9. The van der Waals surface area contributed by atoms with Gasteiger partial charge in [-0.05, 0) is 91.0 Å². The first kappa shape index (κ1) is 34.6. The fourth-order valence-electron chi connectivity index (χ4n) is 10.4. The third-order valence-electron chi connectivity index (χ3n) is 13.0. The number of rotatable bonds is 4. The molecule has 4 nitrogen and oxygen atoms in total. The van der Waals surface area contributed by atoms with Gasteiger partial charge < -0.3 is 4.42 Å². The van der Waals surface area contributed by atoms with E-state index >= 15 is 0 Å². The highest BCUT2D eigenvalue weighted by molar-refractivity contribution is 6.06. The highest BCUT2D eigenvalue weighted by Crippen LogP contribution is 2.61. The number of para-hydroxylation sites is 1. The second kappa shape index (κ2) is 13.4. The highest BCUT2D eigenvalue weighted by Gasteiger charge is 2.49. The average molecular weight is 790 g/mol. The first-order chi connectivity index (χ1) is 30.7. The molecule has 4 heteroatoms. The molecule has 2 aliphatic rings. The molecule has 13 rings (SSSR count). The van der Waals surface area contributed by atoms with Crippen LogP contribution in [0.1, 0.15) is 22.3 Å². The Balaban J connectivity index is 1.08. The fourth-order valence-corrected chi connectivity index (χ4v) is 10.4. The first-order valence-electron chi connectivity index (χ1n) is 21.1. The second-order valence-electron chi connectivity index (χ2n) is 16.2. The van der Waals surface area contributed by atoms with Gasteiger partial charge in [-0.25, -0.2) is 15.0 Å². The molecule has 0 N–H and O–H groups in total. The van der Waals surface area contributed by atoms with Gasteiger partial charge in [-0.3, -0.25) is 0 Å². The second-order valence-corrected chi connectivity index (χ2v) is 16.2. The first-order valence-corrected chi connectivity index (χ1v) is 21.1. The van der Waals surface area contributed by atoms with Crippen molar-refractivity contribution < 1.29 is 4.42 Å². The van der Waals surface area contributed by atoms with E-state index < -0.39 is 5.41 Å². The molecule has 0 atom stereocenters. The van der Waals surface area contributed by atoms with Crippen LogP contribution in [0.2, 0.25) is 0 Å². The van der Waals surface area contributed by atoms with Gasteiger partial charge >= 0.3 is 0 Å². The van der Waals surface area contributed by atoms with E-state index in [9.17, 15) is 0 Å². The molecule has 0 unspecified atom stereocenters. The van der Waals surface area contributed by atoms with Gasteiger partial charge in [-0.2, -0.15) is 0 Å². The monoisotopic (exact) mass is 789 g/mol. The average Bonchev–Trinajstić information content (AvgIpc) is 3.84. The predicted octanol–water partition coefficient (Wildman–Crippen LogP) is 14.4. The molecule has 2 heterocycles. The maximum atomic E-state index is 6.38. The Morgan fingerprint density at radius 2 is 0.726 bits per heavy atom. The standard InChI is InChI=1S/C58H35N3O/c1-2-16-36(17-3-1)39-18-4-7-25-47(39)57-60-55(59-56(61-57)38-30-32-46-45-24-11-15-29-53(45)62-54(46)35-38)37-31-33-52-48(34-37)41-20-6-5-19-40(41)42-21-8-12-26-49(42)58(52)50-27-13-9-22-43(50)44-23-10-14-28-51(44)58/h1-35H. The van der Waals surface area contributed by atoms with E-state index in [1.807, 2.05) is 24.3 Å². The Hall–Kier alpha value is -8.21. The zero-order valence-corrected chi connectivity index (χ0v) is 33.5. The van der Waals surface area contributed by atoms with Gasteiger partial charge in [-0.15, -0.1) is 0 Å². The summed E-state index contributed by atoms with van der Waals surface area (Å²) in [5.74, 6) is 1.78. The van der Waals surface area contributed by atoms with Crippen LogP contribution in [0.5, 0.6) is 0 Å². The Morgan fingerprint density at radius 1 is 0.274 bits per heavy atom. The lowest BCUT2D eigenvalue weighted by Crippen LogP contribution is -2.29. The molecular formula is C58H35N3O. The highest BCUT2D eigenvalue weighted by atomic mass is 16.3. The van der Waals surface area contributed by atoms with Gasteiger partial charge in [0.05, 0.1) is 5.41 Å².